The fourth-order valence-corrected chi connectivity index (χ4v) is 2.14. The Morgan fingerprint density at radius 1 is 1.44 bits per heavy atom. The lowest BCUT2D eigenvalue weighted by Crippen LogP contribution is -2.46. The van der Waals surface area contributed by atoms with Crippen molar-refractivity contribution in [2.24, 2.45) is 5.92 Å². The summed E-state index contributed by atoms with van der Waals surface area (Å²) in [6.45, 7) is 2.49. The van der Waals surface area contributed by atoms with E-state index in [1.165, 1.54) is 0 Å². The maximum atomic E-state index is 11.6. The quantitative estimate of drug-likeness (QED) is 0.609. The minimum Gasteiger partial charge on any atom is -0.335 e. The summed E-state index contributed by atoms with van der Waals surface area (Å²) in [4.78, 5) is 23.4. The molecule has 0 radical (unpaired) electrons. The predicted octanol–water partition coefficient (Wildman–Crippen LogP) is 1.97. The molecule has 1 saturated carbocycles. The molecule has 4 nitrogen and oxygen atoms in total. The maximum Gasteiger partial charge on any atom is 0.324 e. The van der Waals surface area contributed by atoms with E-state index in [9.17, 15) is 9.59 Å². The van der Waals surface area contributed by atoms with Crippen LogP contribution in [0.25, 0.3) is 0 Å². The Morgan fingerprint density at radius 2 is 2.06 bits per heavy atom. The third-order valence-corrected chi connectivity index (χ3v) is 3.23. The van der Waals surface area contributed by atoms with E-state index in [0.29, 0.717) is 6.41 Å². The molecule has 0 unspecified atom stereocenters. The van der Waals surface area contributed by atoms with Crippen molar-refractivity contribution >= 4 is 24.0 Å². The van der Waals surface area contributed by atoms with Gasteiger partial charge in [-0.3, -0.25) is 9.69 Å². The number of carbonyl (C=O) groups excluding carboxylic acids is 2. The lowest BCUT2D eigenvalue weighted by Gasteiger charge is -2.28. The number of carbonyl (C=O) groups is 2. The van der Waals surface area contributed by atoms with Crippen molar-refractivity contribution in [3.63, 3.8) is 0 Å². The van der Waals surface area contributed by atoms with Crippen molar-refractivity contribution in [3.05, 3.63) is 0 Å². The molecule has 0 aromatic rings. The highest BCUT2D eigenvalue weighted by atomic mass is 35.5. The number of halogens is 1. The number of rotatable bonds is 4. The number of urea groups is 1. The van der Waals surface area contributed by atoms with Crippen LogP contribution in [0.3, 0.4) is 0 Å². The first-order valence-corrected chi connectivity index (χ1v) is 6.29. The van der Waals surface area contributed by atoms with E-state index in [1.54, 1.807) is 0 Å². The standard InChI is InChI=1S/C11H19ClN2O2/c1-9-2-4-10(5-3-9)13-11(16)14(8-15)7-6-12/h8-10H,2-7H2,1H3,(H,13,16). The first kappa shape index (κ1) is 13.3. The van der Waals surface area contributed by atoms with E-state index in [1.807, 2.05) is 0 Å². The molecule has 5 heteroatoms. The van der Waals surface area contributed by atoms with Crippen molar-refractivity contribution < 1.29 is 9.59 Å². The van der Waals surface area contributed by atoms with Crippen LogP contribution in [-0.2, 0) is 4.79 Å². The number of amides is 3. The molecular weight excluding hydrogens is 228 g/mol. The fourth-order valence-electron chi connectivity index (χ4n) is 1.96. The second-order valence-corrected chi connectivity index (χ2v) is 4.77. The van der Waals surface area contributed by atoms with Crippen molar-refractivity contribution in [2.45, 2.75) is 38.6 Å². The molecule has 16 heavy (non-hydrogen) atoms. The second-order valence-electron chi connectivity index (χ2n) is 4.39. The molecule has 1 aliphatic carbocycles. The summed E-state index contributed by atoms with van der Waals surface area (Å²) in [5.74, 6) is 1.02. The minimum absolute atomic E-state index is 0.210. The van der Waals surface area contributed by atoms with E-state index < -0.39 is 0 Å². The highest BCUT2D eigenvalue weighted by Gasteiger charge is 2.21. The van der Waals surface area contributed by atoms with E-state index in [0.717, 1.165) is 36.5 Å². The van der Waals surface area contributed by atoms with Crippen LogP contribution in [0.15, 0.2) is 0 Å². The van der Waals surface area contributed by atoms with Crippen molar-refractivity contribution in [1.29, 1.82) is 0 Å². The molecule has 1 aliphatic rings. The number of nitrogens with one attached hydrogen (secondary N) is 1. The first-order chi connectivity index (χ1) is 7.67. The zero-order valence-electron chi connectivity index (χ0n) is 9.62. The molecule has 1 rings (SSSR count). The number of imide groups is 1. The Morgan fingerprint density at radius 3 is 2.56 bits per heavy atom. The maximum absolute atomic E-state index is 11.6. The summed E-state index contributed by atoms with van der Waals surface area (Å²) < 4.78 is 0. The van der Waals surface area contributed by atoms with Gasteiger partial charge < -0.3 is 5.32 Å². The zero-order valence-corrected chi connectivity index (χ0v) is 10.4. The predicted molar refractivity (Wildman–Crippen MR) is 63.4 cm³/mol. The number of hydrogen-bond donors (Lipinski definition) is 1. The third kappa shape index (κ3) is 4.00. The molecule has 1 N–H and O–H groups in total. The van der Waals surface area contributed by atoms with Gasteiger partial charge in [-0.25, -0.2) is 4.79 Å². The van der Waals surface area contributed by atoms with Crippen molar-refractivity contribution in [2.75, 3.05) is 12.4 Å². The van der Waals surface area contributed by atoms with Crippen LogP contribution in [0.4, 0.5) is 4.79 Å². The molecule has 0 spiro atoms. The number of hydrogen-bond acceptors (Lipinski definition) is 2. The Labute approximate surface area is 101 Å². The monoisotopic (exact) mass is 246 g/mol. The van der Waals surface area contributed by atoms with E-state index in [4.69, 9.17) is 11.6 Å². The van der Waals surface area contributed by atoms with Crippen LogP contribution in [0.5, 0.6) is 0 Å². The third-order valence-electron chi connectivity index (χ3n) is 3.06. The summed E-state index contributed by atoms with van der Waals surface area (Å²) >= 11 is 5.50. The van der Waals surface area contributed by atoms with Gasteiger partial charge >= 0.3 is 6.03 Å². The van der Waals surface area contributed by atoms with Gasteiger partial charge in [-0.15, -0.1) is 11.6 Å². The number of nitrogens with zero attached hydrogens (tertiary/aromatic N) is 1. The van der Waals surface area contributed by atoms with Gasteiger partial charge in [0.1, 0.15) is 0 Å². The Hall–Kier alpha value is -0.770. The Kier molecular flexibility index (Phi) is 5.60. The highest BCUT2D eigenvalue weighted by Crippen LogP contribution is 2.23. The van der Waals surface area contributed by atoms with Gasteiger partial charge in [-0.05, 0) is 31.6 Å². The first-order valence-electron chi connectivity index (χ1n) is 5.75. The van der Waals surface area contributed by atoms with Gasteiger partial charge in [0.15, 0.2) is 0 Å². The molecule has 1 fully saturated rings. The van der Waals surface area contributed by atoms with Gasteiger partial charge in [0.25, 0.3) is 0 Å². The molecule has 0 saturated heterocycles. The largest absolute Gasteiger partial charge is 0.335 e. The van der Waals surface area contributed by atoms with Crippen LogP contribution >= 0.6 is 11.6 Å². The van der Waals surface area contributed by atoms with Crippen molar-refractivity contribution in [3.8, 4) is 0 Å². The van der Waals surface area contributed by atoms with Gasteiger partial charge in [0.05, 0.1) is 0 Å². The molecule has 0 atom stereocenters. The fraction of sp³-hybridized carbons (Fsp3) is 0.818. The SMILES string of the molecule is CC1CCC(NC(=O)N(C=O)CCCl)CC1. The molecule has 0 bridgehead atoms. The average Bonchev–Trinajstić information content (AvgIpc) is 2.29. The van der Waals surface area contributed by atoms with E-state index in [-0.39, 0.29) is 24.5 Å². The minimum atomic E-state index is -0.324. The smallest absolute Gasteiger partial charge is 0.324 e. The van der Waals surface area contributed by atoms with Crippen LogP contribution in [-0.4, -0.2) is 35.8 Å². The molecule has 0 aliphatic heterocycles. The van der Waals surface area contributed by atoms with Gasteiger partial charge in [-0.2, -0.15) is 0 Å². The van der Waals surface area contributed by atoms with Crippen molar-refractivity contribution in [1.82, 2.24) is 10.2 Å². The van der Waals surface area contributed by atoms with Crippen LogP contribution in [0, 0.1) is 5.92 Å². The second kappa shape index (κ2) is 6.74. The summed E-state index contributed by atoms with van der Waals surface area (Å²) in [6.07, 6.45) is 4.81. The molecule has 3 amide bonds. The van der Waals surface area contributed by atoms with E-state index >= 15 is 0 Å². The Balaban J connectivity index is 2.35. The summed E-state index contributed by atoms with van der Waals surface area (Å²) in [7, 11) is 0. The molecule has 92 valence electrons. The van der Waals surface area contributed by atoms with Crippen LogP contribution < -0.4 is 5.32 Å². The molecular formula is C11H19ClN2O2. The van der Waals surface area contributed by atoms with Crippen LogP contribution in [0.1, 0.15) is 32.6 Å². The summed E-state index contributed by atoms with van der Waals surface area (Å²) in [5, 5.41) is 2.87. The summed E-state index contributed by atoms with van der Waals surface area (Å²) in [5.41, 5.74) is 0. The molecule has 0 aromatic heterocycles. The lowest BCUT2D eigenvalue weighted by molar-refractivity contribution is -0.115. The Bertz CT molecular complexity index is 240. The normalized spacial score (nSPS) is 24.9. The summed E-state index contributed by atoms with van der Waals surface area (Å²) in [6, 6.07) is -0.114. The number of alkyl halides is 1. The lowest BCUT2D eigenvalue weighted by atomic mass is 9.87. The molecule has 0 heterocycles. The molecule has 0 aromatic carbocycles. The van der Waals surface area contributed by atoms with Gasteiger partial charge in [0, 0.05) is 18.5 Å². The van der Waals surface area contributed by atoms with Gasteiger partial charge in [-0.1, -0.05) is 6.92 Å². The average molecular weight is 247 g/mol. The zero-order chi connectivity index (χ0) is 12.0. The highest BCUT2D eigenvalue weighted by molar-refractivity contribution is 6.18. The van der Waals surface area contributed by atoms with Gasteiger partial charge in [0.2, 0.25) is 6.41 Å². The van der Waals surface area contributed by atoms with E-state index in [2.05, 4.69) is 12.2 Å². The topological polar surface area (TPSA) is 49.4 Å². The van der Waals surface area contributed by atoms with Crippen LogP contribution in [0.2, 0.25) is 0 Å².